The molecule has 0 heterocycles. The maximum Gasteiger partial charge on any atom is 0.405 e. The van der Waals surface area contributed by atoms with E-state index in [0.29, 0.717) is 0 Å². The maximum absolute atomic E-state index is 11.9. The first-order chi connectivity index (χ1) is 10.6. The van der Waals surface area contributed by atoms with Crippen molar-refractivity contribution in [2.24, 2.45) is 0 Å². The van der Waals surface area contributed by atoms with Crippen molar-refractivity contribution in [2.45, 2.75) is 6.18 Å². The molecule has 2 N–H and O–H groups in total. The highest BCUT2D eigenvalue weighted by Gasteiger charge is 2.27. The Hall–Kier alpha value is -2.85. The molecule has 0 bridgehead atoms. The number of ether oxygens (including phenoxy) is 1. The lowest BCUT2D eigenvalue weighted by Gasteiger charge is -2.09. The lowest BCUT2D eigenvalue weighted by atomic mass is 10.1. The molecule has 23 heavy (non-hydrogen) atoms. The molecule has 0 unspecified atom stereocenters. The highest BCUT2D eigenvalue weighted by atomic mass is 19.4. The van der Waals surface area contributed by atoms with E-state index in [-0.39, 0.29) is 11.3 Å². The number of benzene rings is 1. The van der Waals surface area contributed by atoms with E-state index in [9.17, 15) is 32.9 Å². The van der Waals surface area contributed by atoms with Crippen LogP contribution in [0.2, 0.25) is 0 Å². The van der Waals surface area contributed by atoms with Crippen LogP contribution in [-0.2, 0) is 4.79 Å². The van der Waals surface area contributed by atoms with Crippen molar-refractivity contribution < 1.29 is 32.4 Å². The Kier molecular flexibility index (Phi) is 5.87. The fourth-order valence-corrected chi connectivity index (χ4v) is 1.50. The third kappa shape index (κ3) is 5.80. The number of nitro groups is 1. The van der Waals surface area contributed by atoms with Gasteiger partial charge in [-0.2, -0.15) is 13.2 Å². The number of halogens is 3. The van der Waals surface area contributed by atoms with Gasteiger partial charge in [-0.15, -0.1) is 0 Å². The molecule has 0 aromatic heterocycles. The van der Waals surface area contributed by atoms with E-state index in [1.165, 1.54) is 19.2 Å². The molecule has 0 saturated carbocycles. The number of hydrogen-bond donors (Lipinski definition) is 2. The van der Waals surface area contributed by atoms with Crippen LogP contribution in [0, 0.1) is 10.1 Å². The Morgan fingerprint density at radius 2 is 1.96 bits per heavy atom. The van der Waals surface area contributed by atoms with Crippen molar-refractivity contribution in [3.8, 4) is 5.75 Å². The molecule has 1 aromatic carbocycles. The summed E-state index contributed by atoms with van der Waals surface area (Å²) < 4.78 is 40.4. The Balaban J connectivity index is 2.67. The summed E-state index contributed by atoms with van der Waals surface area (Å²) in [6.07, 6.45) is -4.56. The Bertz CT molecular complexity index is 618. The molecule has 11 heteroatoms. The van der Waals surface area contributed by atoms with E-state index in [4.69, 9.17) is 4.74 Å². The van der Waals surface area contributed by atoms with Gasteiger partial charge in [-0.25, -0.2) is 0 Å². The highest BCUT2D eigenvalue weighted by Crippen LogP contribution is 2.27. The maximum atomic E-state index is 11.9. The zero-order chi connectivity index (χ0) is 17.6. The first-order valence-electron chi connectivity index (χ1n) is 6.08. The fourth-order valence-electron chi connectivity index (χ4n) is 1.50. The molecule has 8 nitrogen and oxygen atoms in total. The zero-order valence-electron chi connectivity index (χ0n) is 11.8. The third-order valence-corrected chi connectivity index (χ3v) is 2.53. The lowest BCUT2D eigenvalue weighted by Crippen LogP contribution is -2.40. The van der Waals surface area contributed by atoms with E-state index in [1.807, 2.05) is 0 Å². The Morgan fingerprint density at radius 3 is 2.48 bits per heavy atom. The summed E-state index contributed by atoms with van der Waals surface area (Å²) in [5, 5.41) is 14.5. The number of carbonyl (C=O) groups excluding carboxylic acids is 2. The molecule has 0 radical (unpaired) electrons. The van der Waals surface area contributed by atoms with Gasteiger partial charge in [0.15, 0.2) is 5.75 Å². The number of nitrogens with zero attached hydrogens (tertiary/aromatic N) is 1. The summed E-state index contributed by atoms with van der Waals surface area (Å²) in [5.74, 6) is -1.95. The summed E-state index contributed by atoms with van der Waals surface area (Å²) in [6, 6.07) is 3.34. The van der Waals surface area contributed by atoms with Gasteiger partial charge in [0, 0.05) is 11.6 Å². The normalized spacial score (nSPS) is 10.8. The molecule has 0 spiro atoms. The molecular formula is C12H12F3N3O5. The van der Waals surface area contributed by atoms with E-state index < -0.39 is 41.7 Å². The average molecular weight is 335 g/mol. The van der Waals surface area contributed by atoms with E-state index in [1.54, 1.807) is 5.32 Å². The van der Waals surface area contributed by atoms with Gasteiger partial charge in [0.2, 0.25) is 5.91 Å². The van der Waals surface area contributed by atoms with Crippen LogP contribution in [0.15, 0.2) is 18.2 Å². The van der Waals surface area contributed by atoms with Crippen LogP contribution < -0.4 is 15.4 Å². The van der Waals surface area contributed by atoms with Crippen LogP contribution in [-0.4, -0.2) is 43.1 Å². The molecule has 0 atom stereocenters. The van der Waals surface area contributed by atoms with Crippen molar-refractivity contribution in [3.63, 3.8) is 0 Å². The van der Waals surface area contributed by atoms with E-state index in [0.717, 1.165) is 6.07 Å². The number of alkyl halides is 3. The summed E-state index contributed by atoms with van der Waals surface area (Å²) in [5.41, 5.74) is -0.595. The number of amides is 2. The van der Waals surface area contributed by atoms with Gasteiger partial charge in [0.25, 0.3) is 5.91 Å². The van der Waals surface area contributed by atoms with Gasteiger partial charge in [-0.1, -0.05) is 0 Å². The summed E-state index contributed by atoms with van der Waals surface area (Å²) in [7, 11) is 1.22. The van der Waals surface area contributed by atoms with Crippen molar-refractivity contribution in [1.82, 2.24) is 10.6 Å². The molecule has 0 aliphatic carbocycles. The molecule has 0 saturated heterocycles. The second-order valence-corrected chi connectivity index (χ2v) is 4.22. The second kappa shape index (κ2) is 7.42. The minimum Gasteiger partial charge on any atom is -0.490 e. The standard InChI is InChI=1S/C12H12F3N3O5/c1-23-9-3-2-7(4-8(9)18(21)22)11(20)16-5-10(19)17-6-12(13,14)15/h2-4H,5-6H2,1H3,(H,16,20)(H,17,19). The van der Waals surface area contributed by atoms with Crippen LogP contribution in [0.25, 0.3) is 0 Å². The molecule has 0 fully saturated rings. The zero-order valence-corrected chi connectivity index (χ0v) is 11.8. The quantitative estimate of drug-likeness (QED) is 0.595. The first kappa shape index (κ1) is 18.2. The smallest absolute Gasteiger partial charge is 0.405 e. The minimum absolute atomic E-state index is 0.0607. The van der Waals surface area contributed by atoms with Crippen LogP contribution in [0.4, 0.5) is 18.9 Å². The average Bonchev–Trinajstić information content (AvgIpc) is 2.49. The number of nitro benzene ring substituents is 1. The molecule has 1 aromatic rings. The Labute approximate surface area is 127 Å². The van der Waals surface area contributed by atoms with Gasteiger partial charge in [0.1, 0.15) is 6.54 Å². The molecule has 2 amide bonds. The molecule has 1 rings (SSSR count). The van der Waals surface area contributed by atoms with Crippen molar-refractivity contribution >= 4 is 17.5 Å². The van der Waals surface area contributed by atoms with Crippen molar-refractivity contribution in [1.29, 1.82) is 0 Å². The second-order valence-electron chi connectivity index (χ2n) is 4.22. The van der Waals surface area contributed by atoms with Gasteiger partial charge in [-0.05, 0) is 12.1 Å². The van der Waals surface area contributed by atoms with Crippen LogP contribution in [0.3, 0.4) is 0 Å². The first-order valence-corrected chi connectivity index (χ1v) is 6.08. The SMILES string of the molecule is COc1ccc(C(=O)NCC(=O)NCC(F)(F)F)cc1[N+](=O)[O-]. The molecular weight excluding hydrogens is 323 g/mol. The van der Waals surface area contributed by atoms with Gasteiger partial charge in [0.05, 0.1) is 18.6 Å². The molecule has 126 valence electrons. The molecule has 0 aliphatic heterocycles. The van der Waals surface area contributed by atoms with Crippen LogP contribution >= 0.6 is 0 Å². The Morgan fingerprint density at radius 1 is 1.30 bits per heavy atom. The van der Waals surface area contributed by atoms with Crippen LogP contribution in [0.5, 0.6) is 5.75 Å². The third-order valence-electron chi connectivity index (χ3n) is 2.53. The van der Waals surface area contributed by atoms with Gasteiger partial charge >= 0.3 is 11.9 Å². The summed E-state index contributed by atoms with van der Waals surface area (Å²) in [6.45, 7) is -2.22. The number of hydrogen-bond acceptors (Lipinski definition) is 5. The molecule has 0 aliphatic rings. The predicted molar refractivity (Wildman–Crippen MR) is 71.0 cm³/mol. The van der Waals surface area contributed by atoms with E-state index >= 15 is 0 Å². The van der Waals surface area contributed by atoms with Gasteiger partial charge < -0.3 is 15.4 Å². The number of rotatable bonds is 6. The largest absolute Gasteiger partial charge is 0.490 e. The van der Waals surface area contributed by atoms with Gasteiger partial charge in [-0.3, -0.25) is 19.7 Å². The predicted octanol–water partition coefficient (Wildman–Crippen LogP) is 1.01. The monoisotopic (exact) mass is 335 g/mol. The van der Waals surface area contributed by atoms with Crippen molar-refractivity contribution in [2.75, 3.05) is 20.2 Å². The van der Waals surface area contributed by atoms with Crippen molar-refractivity contribution in [3.05, 3.63) is 33.9 Å². The summed E-state index contributed by atoms with van der Waals surface area (Å²) in [4.78, 5) is 33.0. The minimum atomic E-state index is -4.56. The van der Waals surface area contributed by atoms with E-state index in [2.05, 4.69) is 5.32 Å². The van der Waals surface area contributed by atoms with Crippen LogP contribution in [0.1, 0.15) is 10.4 Å². The highest BCUT2D eigenvalue weighted by molar-refractivity contribution is 5.97. The number of nitrogens with one attached hydrogen (secondary N) is 2. The topological polar surface area (TPSA) is 111 Å². The lowest BCUT2D eigenvalue weighted by molar-refractivity contribution is -0.385. The fraction of sp³-hybridized carbons (Fsp3) is 0.333. The number of carbonyl (C=O) groups is 2. The summed E-state index contributed by atoms with van der Waals surface area (Å²) >= 11 is 0. The number of methoxy groups -OCH3 is 1.